The topological polar surface area (TPSA) is 98.5 Å². The predicted octanol–water partition coefficient (Wildman–Crippen LogP) is 1.82. The highest BCUT2D eigenvalue weighted by Gasteiger charge is 2.52. The molecular weight excluding hydrogens is 296 g/mol. The SMILES string of the molecule is CC(C)[C@@H](OC(=O)C1C2CC3CC(C2)CC1C3)C(=O)NC(N)=O. The van der Waals surface area contributed by atoms with Crippen molar-refractivity contribution in [1.29, 1.82) is 0 Å². The molecule has 4 aliphatic rings. The summed E-state index contributed by atoms with van der Waals surface area (Å²) in [6, 6.07) is -0.925. The molecule has 0 spiro atoms. The molecule has 0 aromatic rings. The summed E-state index contributed by atoms with van der Waals surface area (Å²) in [4.78, 5) is 35.6. The lowest BCUT2D eigenvalue weighted by Crippen LogP contribution is -2.51. The van der Waals surface area contributed by atoms with Crippen molar-refractivity contribution in [1.82, 2.24) is 5.32 Å². The minimum atomic E-state index is -0.966. The van der Waals surface area contributed by atoms with Crippen LogP contribution in [0.4, 0.5) is 4.79 Å². The van der Waals surface area contributed by atoms with Gasteiger partial charge in [0.2, 0.25) is 0 Å². The van der Waals surface area contributed by atoms with Crippen LogP contribution in [-0.2, 0) is 14.3 Å². The first-order valence-electron chi connectivity index (χ1n) is 8.66. The maximum Gasteiger partial charge on any atom is 0.318 e. The number of imide groups is 1. The quantitative estimate of drug-likeness (QED) is 0.771. The summed E-state index contributed by atoms with van der Waals surface area (Å²) >= 11 is 0. The molecule has 4 fully saturated rings. The average Bonchev–Trinajstić information content (AvgIpc) is 2.42. The number of amides is 3. The summed E-state index contributed by atoms with van der Waals surface area (Å²) in [6.07, 6.45) is 4.83. The van der Waals surface area contributed by atoms with E-state index >= 15 is 0 Å². The Morgan fingerprint density at radius 3 is 1.96 bits per heavy atom. The van der Waals surface area contributed by atoms with E-state index in [1.54, 1.807) is 13.8 Å². The molecule has 0 radical (unpaired) electrons. The van der Waals surface area contributed by atoms with Gasteiger partial charge in [-0.05, 0) is 61.7 Å². The van der Waals surface area contributed by atoms with Gasteiger partial charge in [-0.25, -0.2) is 4.79 Å². The molecule has 1 atom stereocenters. The zero-order valence-corrected chi connectivity index (χ0v) is 13.8. The van der Waals surface area contributed by atoms with E-state index in [0.717, 1.165) is 37.5 Å². The van der Waals surface area contributed by atoms with Gasteiger partial charge in [0.15, 0.2) is 6.10 Å². The number of primary amides is 1. The largest absolute Gasteiger partial charge is 0.452 e. The van der Waals surface area contributed by atoms with E-state index < -0.39 is 18.0 Å². The minimum Gasteiger partial charge on any atom is -0.452 e. The first-order chi connectivity index (χ1) is 10.8. The zero-order valence-electron chi connectivity index (χ0n) is 13.8. The Morgan fingerprint density at radius 2 is 1.52 bits per heavy atom. The van der Waals surface area contributed by atoms with Crippen LogP contribution in [0.1, 0.15) is 46.0 Å². The van der Waals surface area contributed by atoms with Gasteiger partial charge in [0.1, 0.15) is 0 Å². The van der Waals surface area contributed by atoms with E-state index in [4.69, 9.17) is 10.5 Å². The fourth-order valence-corrected chi connectivity index (χ4v) is 5.20. The van der Waals surface area contributed by atoms with Crippen LogP contribution in [0.3, 0.4) is 0 Å². The summed E-state index contributed by atoms with van der Waals surface area (Å²) in [5, 5.41) is 2.02. The summed E-state index contributed by atoms with van der Waals surface area (Å²) < 4.78 is 5.54. The maximum atomic E-state index is 12.7. The molecule has 23 heavy (non-hydrogen) atoms. The first-order valence-corrected chi connectivity index (χ1v) is 8.66. The Labute approximate surface area is 136 Å². The Hall–Kier alpha value is -1.59. The second kappa shape index (κ2) is 6.13. The third kappa shape index (κ3) is 3.21. The van der Waals surface area contributed by atoms with Gasteiger partial charge < -0.3 is 10.5 Å². The average molecular weight is 322 g/mol. The summed E-state index contributed by atoms with van der Waals surface area (Å²) in [5.74, 6) is 1.18. The third-order valence-corrected chi connectivity index (χ3v) is 5.85. The van der Waals surface area contributed by atoms with Gasteiger partial charge in [-0.2, -0.15) is 0 Å². The lowest BCUT2D eigenvalue weighted by molar-refractivity contribution is -0.173. The van der Waals surface area contributed by atoms with E-state index in [-0.39, 0.29) is 17.8 Å². The highest BCUT2D eigenvalue weighted by molar-refractivity contribution is 5.96. The molecule has 128 valence electrons. The lowest BCUT2D eigenvalue weighted by Gasteiger charge is -2.53. The van der Waals surface area contributed by atoms with Gasteiger partial charge in [-0.1, -0.05) is 13.8 Å². The van der Waals surface area contributed by atoms with Crippen molar-refractivity contribution in [3.63, 3.8) is 0 Å². The monoisotopic (exact) mass is 322 g/mol. The molecule has 0 unspecified atom stereocenters. The van der Waals surface area contributed by atoms with Crippen molar-refractivity contribution in [2.24, 2.45) is 41.2 Å². The van der Waals surface area contributed by atoms with Crippen LogP contribution in [0.25, 0.3) is 0 Å². The fraction of sp³-hybridized carbons (Fsp3) is 0.824. The van der Waals surface area contributed by atoms with Gasteiger partial charge in [0.25, 0.3) is 5.91 Å². The summed E-state index contributed by atoms with van der Waals surface area (Å²) in [7, 11) is 0. The van der Waals surface area contributed by atoms with E-state index in [2.05, 4.69) is 0 Å². The molecule has 0 aromatic heterocycles. The van der Waals surface area contributed by atoms with E-state index in [1.807, 2.05) is 5.32 Å². The van der Waals surface area contributed by atoms with Gasteiger partial charge in [-0.3, -0.25) is 14.9 Å². The number of nitrogens with one attached hydrogen (secondary N) is 1. The highest BCUT2D eigenvalue weighted by Crippen LogP contribution is 2.56. The zero-order chi connectivity index (χ0) is 16.7. The van der Waals surface area contributed by atoms with E-state index in [0.29, 0.717) is 11.8 Å². The van der Waals surface area contributed by atoms with Crippen LogP contribution in [0.5, 0.6) is 0 Å². The second-order valence-corrected chi connectivity index (χ2v) is 7.91. The molecular formula is C17H26N2O4. The number of rotatable bonds is 4. The smallest absolute Gasteiger partial charge is 0.318 e. The number of carbonyl (C=O) groups is 3. The molecule has 6 nitrogen and oxygen atoms in total. The van der Waals surface area contributed by atoms with Crippen molar-refractivity contribution < 1.29 is 19.1 Å². The second-order valence-electron chi connectivity index (χ2n) is 7.91. The van der Waals surface area contributed by atoms with Crippen LogP contribution in [0.15, 0.2) is 0 Å². The maximum absolute atomic E-state index is 12.7. The Morgan fingerprint density at radius 1 is 1.00 bits per heavy atom. The molecule has 0 saturated heterocycles. The number of carbonyl (C=O) groups excluding carboxylic acids is 3. The lowest BCUT2D eigenvalue weighted by atomic mass is 9.52. The number of urea groups is 1. The molecule has 0 aliphatic heterocycles. The normalized spacial score (nSPS) is 35.9. The Balaban J connectivity index is 1.67. The number of hydrogen-bond acceptors (Lipinski definition) is 4. The van der Waals surface area contributed by atoms with E-state index in [1.165, 1.54) is 6.42 Å². The number of hydrogen-bond donors (Lipinski definition) is 2. The molecule has 4 aliphatic carbocycles. The van der Waals surface area contributed by atoms with Gasteiger partial charge in [0, 0.05) is 0 Å². The standard InChI is InChI=1S/C17H26N2O4/c1-8(2)14(15(20)19-17(18)22)23-16(21)13-11-4-9-3-10(6-11)7-12(13)5-9/h8-14H,3-7H2,1-2H3,(H3,18,19,20,22)/t9?,10?,11?,12?,13?,14-/m1/s1. The van der Waals surface area contributed by atoms with Crippen molar-refractivity contribution in [3.8, 4) is 0 Å². The van der Waals surface area contributed by atoms with Crippen LogP contribution in [0, 0.1) is 35.5 Å². The first kappa shape index (κ1) is 16.3. The molecule has 4 bridgehead atoms. The molecule has 6 heteroatoms. The summed E-state index contributed by atoms with van der Waals surface area (Å²) in [5.41, 5.74) is 4.99. The van der Waals surface area contributed by atoms with Gasteiger partial charge >= 0.3 is 12.0 Å². The third-order valence-electron chi connectivity index (χ3n) is 5.85. The van der Waals surface area contributed by atoms with Gasteiger partial charge in [0.05, 0.1) is 5.92 Å². The summed E-state index contributed by atoms with van der Waals surface area (Å²) in [6.45, 7) is 3.57. The molecule has 4 saturated carbocycles. The fourth-order valence-electron chi connectivity index (χ4n) is 5.20. The van der Waals surface area contributed by atoms with Crippen molar-refractivity contribution in [2.45, 2.75) is 52.1 Å². The van der Waals surface area contributed by atoms with E-state index in [9.17, 15) is 14.4 Å². The van der Waals surface area contributed by atoms with Gasteiger partial charge in [-0.15, -0.1) is 0 Å². The van der Waals surface area contributed by atoms with Crippen LogP contribution >= 0.6 is 0 Å². The predicted molar refractivity (Wildman–Crippen MR) is 83.0 cm³/mol. The molecule has 4 rings (SSSR count). The van der Waals surface area contributed by atoms with Crippen LogP contribution < -0.4 is 11.1 Å². The van der Waals surface area contributed by atoms with Crippen molar-refractivity contribution in [3.05, 3.63) is 0 Å². The highest BCUT2D eigenvalue weighted by atomic mass is 16.5. The van der Waals surface area contributed by atoms with Crippen molar-refractivity contribution >= 4 is 17.9 Å². The van der Waals surface area contributed by atoms with Crippen LogP contribution in [-0.4, -0.2) is 24.0 Å². The Kier molecular flexibility index (Phi) is 4.34. The number of ether oxygens (including phenoxy) is 1. The Bertz CT molecular complexity index is 489. The van der Waals surface area contributed by atoms with Crippen LogP contribution in [0.2, 0.25) is 0 Å². The molecule has 0 heterocycles. The molecule has 3 N–H and O–H groups in total. The van der Waals surface area contributed by atoms with Crippen molar-refractivity contribution in [2.75, 3.05) is 0 Å². The molecule has 0 aromatic carbocycles. The number of nitrogens with two attached hydrogens (primary N) is 1. The number of esters is 1. The minimum absolute atomic E-state index is 0.0783. The molecule has 3 amide bonds.